The quantitative estimate of drug-likeness (QED) is 0.734. The van der Waals surface area contributed by atoms with Crippen molar-refractivity contribution in [3.05, 3.63) is 12.1 Å². The van der Waals surface area contributed by atoms with Gasteiger partial charge in [0.25, 0.3) is 0 Å². The summed E-state index contributed by atoms with van der Waals surface area (Å²) >= 11 is 0. The number of hydrogen-bond acceptors (Lipinski definition) is 5. The van der Waals surface area contributed by atoms with Crippen LogP contribution in [0.4, 0.5) is 0 Å². The van der Waals surface area contributed by atoms with Crippen LogP contribution in [0, 0.1) is 0 Å². The fourth-order valence-electron chi connectivity index (χ4n) is 1.71. The first kappa shape index (κ1) is 15.4. The van der Waals surface area contributed by atoms with Crippen molar-refractivity contribution >= 4 is 0 Å². The number of ether oxygens (including phenoxy) is 4. The van der Waals surface area contributed by atoms with Crippen molar-refractivity contribution in [2.45, 2.75) is 25.9 Å². The van der Waals surface area contributed by atoms with Gasteiger partial charge in [-0.15, -0.1) is 0 Å². The maximum absolute atomic E-state index is 9.17. The van der Waals surface area contributed by atoms with Crippen LogP contribution in [-0.2, 0) is 0 Å². The van der Waals surface area contributed by atoms with Gasteiger partial charge in [-0.3, -0.25) is 0 Å². The smallest absolute Gasteiger partial charge is 0.203 e. The van der Waals surface area contributed by atoms with E-state index in [2.05, 4.69) is 0 Å². The Morgan fingerprint density at radius 3 is 2.05 bits per heavy atom. The van der Waals surface area contributed by atoms with Crippen molar-refractivity contribution in [3.8, 4) is 23.0 Å². The zero-order valence-corrected chi connectivity index (χ0v) is 11.9. The van der Waals surface area contributed by atoms with Crippen LogP contribution in [-0.4, -0.2) is 39.1 Å². The summed E-state index contributed by atoms with van der Waals surface area (Å²) in [7, 11) is 4.69. The largest absolute Gasteiger partial charge is 0.493 e. The second kappa shape index (κ2) is 7.74. The predicted molar refractivity (Wildman–Crippen MR) is 72.5 cm³/mol. The molecule has 0 fully saturated rings. The molecular weight excluding hydrogens is 248 g/mol. The lowest BCUT2D eigenvalue weighted by molar-refractivity contribution is 0.170. The number of aliphatic hydroxyl groups excluding tert-OH is 1. The first-order valence-corrected chi connectivity index (χ1v) is 6.23. The highest BCUT2D eigenvalue weighted by molar-refractivity contribution is 5.55. The summed E-state index contributed by atoms with van der Waals surface area (Å²) < 4.78 is 21.3. The van der Waals surface area contributed by atoms with E-state index < -0.39 is 0 Å². The van der Waals surface area contributed by atoms with Gasteiger partial charge >= 0.3 is 0 Å². The molecule has 19 heavy (non-hydrogen) atoms. The molecule has 0 bridgehead atoms. The van der Waals surface area contributed by atoms with E-state index >= 15 is 0 Å². The molecule has 0 aliphatic heterocycles. The fourth-order valence-corrected chi connectivity index (χ4v) is 1.71. The molecule has 0 amide bonds. The van der Waals surface area contributed by atoms with Gasteiger partial charge in [0.05, 0.1) is 34.0 Å². The Morgan fingerprint density at radius 1 is 1.05 bits per heavy atom. The zero-order chi connectivity index (χ0) is 14.3. The first-order chi connectivity index (χ1) is 9.12. The van der Waals surface area contributed by atoms with Crippen LogP contribution in [0.3, 0.4) is 0 Å². The molecule has 1 unspecified atom stereocenters. The number of aliphatic hydroxyl groups is 1. The van der Waals surface area contributed by atoms with Gasteiger partial charge in [-0.1, -0.05) is 0 Å². The SMILES string of the molecule is COc1cc(OCCCC(C)O)cc(OC)c1OC. The highest BCUT2D eigenvalue weighted by Crippen LogP contribution is 2.40. The fraction of sp³-hybridized carbons (Fsp3) is 0.571. The van der Waals surface area contributed by atoms with Gasteiger partial charge in [0.2, 0.25) is 5.75 Å². The summed E-state index contributed by atoms with van der Waals surface area (Å²) in [4.78, 5) is 0. The predicted octanol–water partition coefficient (Wildman–Crippen LogP) is 2.25. The summed E-state index contributed by atoms with van der Waals surface area (Å²) in [5.41, 5.74) is 0. The number of hydrogen-bond donors (Lipinski definition) is 1. The van der Waals surface area contributed by atoms with Gasteiger partial charge in [0, 0.05) is 12.1 Å². The lowest BCUT2D eigenvalue weighted by Crippen LogP contribution is -2.05. The Hall–Kier alpha value is -1.62. The van der Waals surface area contributed by atoms with Crippen LogP contribution in [0.5, 0.6) is 23.0 Å². The van der Waals surface area contributed by atoms with Crippen LogP contribution in [0.1, 0.15) is 19.8 Å². The van der Waals surface area contributed by atoms with E-state index in [0.717, 1.165) is 6.42 Å². The van der Waals surface area contributed by atoms with E-state index in [1.54, 1.807) is 40.4 Å². The molecule has 0 aliphatic rings. The molecule has 1 aromatic carbocycles. The van der Waals surface area contributed by atoms with E-state index in [-0.39, 0.29) is 6.10 Å². The van der Waals surface area contributed by atoms with Crippen LogP contribution < -0.4 is 18.9 Å². The molecule has 1 aromatic rings. The van der Waals surface area contributed by atoms with E-state index in [0.29, 0.717) is 36.0 Å². The van der Waals surface area contributed by atoms with Crippen molar-refractivity contribution < 1.29 is 24.1 Å². The zero-order valence-electron chi connectivity index (χ0n) is 11.9. The van der Waals surface area contributed by atoms with Crippen LogP contribution >= 0.6 is 0 Å². The molecule has 0 spiro atoms. The van der Waals surface area contributed by atoms with E-state index in [1.165, 1.54) is 0 Å². The minimum Gasteiger partial charge on any atom is -0.493 e. The van der Waals surface area contributed by atoms with Gasteiger partial charge in [0.15, 0.2) is 11.5 Å². The van der Waals surface area contributed by atoms with Crippen molar-refractivity contribution in [1.29, 1.82) is 0 Å². The summed E-state index contributed by atoms with van der Waals surface area (Å²) in [5, 5.41) is 9.17. The Morgan fingerprint density at radius 2 is 1.63 bits per heavy atom. The molecule has 5 heteroatoms. The minimum absolute atomic E-state index is 0.302. The molecule has 108 valence electrons. The van der Waals surface area contributed by atoms with Crippen molar-refractivity contribution in [2.24, 2.45) is 0 Å². The normalized spacial score (nSPS) is 11.8. The summed E-state index contributed by atoms with van der Waals surface area (Å²) in [6, 6.07) is 3.51. The Kier molecular flexibility index (Phi) is 6.29. The lowest BCUT2D eigenvalue weighted by atomic mass is 10.2. The van der Waals surface area contributed by atoms with E-state index in [1.807, 2.05) is 0 Å². The molecule has 1 N–H and O–H groups in total. The minimum atomic E-state index is -0.302. The van der Waals surface area contributed by atoms with Gasteiger partial charge < -0.3 is 24.1 Å². The molecule has 1 atom stereocenters. The highest BCUT2D eigenvalue weighted by Gasteiger charge is 2.13. The molecule has 0 aliphatic carbocycles. The average molecular weight is 270 g/mol. The standard InChI is InChI=1S/C14H22O5/c1-10(15)6-5-7-19-11-8-12(16-2)14(18-4)13(9-11)17-3/h8-10,15H,5-7H2,1-4H3. The summed E-state index contributed by atoms with van der Waals surface area (Å²) in [6.45, 7) is 2.29. The maximum Gasteiger partial charge on any atom is 0.203 e. The molecule has 0 heterocycles. The van der Waals surface area contributed by atoms with Crippen molar-refractivity contribution in [1.82, 2.24) is 0 Å². The first-order valence-electron chi connectivity index (χ1n) is 6.23. The van der Waals surface area contributed by atoms with Crippen LogP contribution in [0.2, 0.25) is 0 Å². The second-order valence-electron chi connectivity index (χ2n) is 4.20. The third-order valence-corrected chi connectivity index (χ3v) is 2.67. The van der Waals surface area contributed by atoms with Gasteiger partial charge in [-0.25, -0.2) is 0 Å². The van der Waals surface area contributed by atoms with Crippen molar-refractivity contribution in [2.75, 3.05) is 27.9 Å². The summed E-state index contributed by atoms with van der Waals surface area (Å²) in [6.07, 6.45) is 1.20. The van der Waals surface area contributed by atoms with Crippen molar-refractivity contribution in [3.63, 3.8) is 0 Å². The molecule has 0 radical (unpaired) electrons. The van der Waals surface area contributed by atoms with Crippen LogP contribution in [0.25, 0.3) is 0 Å². The number of benzene rings is 1. The molecule has 0 aromatic heterocycles. The summed E-state index contributed by atoms with van der Waals surface area (Å²) in [5.74, 6) is 2.32. The number of rotatable bonds is 8. The lowest BCUT2D eigenvalue weighted by Gasteiger charge is -2.14. The number of methoxy groups -OCH3 is 3. The van der Waals surface area contributed by atoms with Gasteiger partial charge in [-0.2, -0.15) is 0 Å². The molecule has 0 saturated carbocycles. The highest BCUT2D eigenvalue weighted by atomic mass is 16.5. The Labute approximate surface area is 114 Å². The monoisotopic (exact) mass is 270 g/mol. The van der Waals surface area contributed by atoms with Gasteiger partial charge in [-0.05, 0) is 19.8 Å². The molecule has 5 nitrogen and oxygen atoms in total. The van der Waals surface area contributed by atoms with Gasteiger partial charge in [0.1, 0.15) is 5.75 Å². The second-order valence-corrected chi connectivity index (χ2v) is 4.20. The van der Waals surface area contributed by atoms with Crippen LogP contribution in [0.15, 0.2) is 12.1 Å². The molecule has 0 saturated heterocycles. The molecular formula is C14H22O5. The Balaban J connectivity index is 2.73. The third-order valence-electron chi connectivity index (χ3n) is 2.67. The average Bonchev–Trinajstić information content (AvgIpc) is 2.42. The topological polar surface area (TPSA) is 57.2 Å². The molecule has 1 rings (SSSR count). The maximum atomic E-state index is 9.17. The van der Waals surface area contributed by atoms with E-state index in [9.17, 15) is 5.11 Å². The Bertz CT molecular complexity index is 364. The third kappa shape index (κ3) is 4.52. The van der Waals surface area contributed by atoms with E-state index in [4.69, 9.17) is 18.9 Å².